The van der Waals surface area contributed by atoms with Gasteiger partial charge in [0.2, 0.25) is 0 Å². The van der Waals surface area contributed by atoms with Gasteiger partial charge in [-0.1, -0.05) is 18.5 Å². The Labute approximate surface area is 151 Å². The first-order chi connectivity index (χ1) is 12.0. The van der Waals surface area contributed by atoms with E-state index in [9.17, 15) is 15.0 Å². The lowest BCUT2D eigenvalue weighted by atomic mass is 9.96. The van der Waals surface area contributed by atoms with Crippen LogP contribution in [-0.2, 0) is 13.0 Å². The molecule has 1 aliphatic heterocycles. The molecule has 0 spiro atoms. The van der Waals surface area contributed by atoms with Crippen LogP contribution in [0.1, 0.15) is 31.7 Å². The minimum Gasteiger partial charge on any atom is -0.392 e. The lowest BCUT2D eigenvalue weighted by molar-refractivity contribution is 0.0539. The quantitative estimate of drug-likeness (QED) is 0.747. The van der Waals surface area contributed by atoms with Crippen molar-refractivity contribution in [2.45, 2.75) is 57.4 Å². The number of aromatic nitrogens is 2. The molecule has 1 unspecified atom stereocenters. The van der Waals surface area contributed by atoms with Crippen molar-refractivity contribution in [3.63, 3.8) is 0 Å². The topological polar surface area (TPSA) is 87.4 Å². The van der Waals surface area contributed by atoms with Crippen molar-refractivity contribution >= 4 is 22.5 Å². The number of fused-ring (bicyclic) bond motifs is 1. The van der Waals surface area contributed by atoms with Gasteiger partial charge in [0, 0.05) is 11.1 Å². The number of rotatable bonds is 5. The molecule has 0 bridgehead atoms. The number of nitrogens with zero attached hydrogens (tertiary/aromatic N) is 2. The predicted molar refractivity (Wildman–Crippen MR) is 98.0 cm³/mol. The molecular weight excluding hydrogens is 342 g/mol. The molecule has 136 valence electrons. The summed E-state index contributed by atoms with van der Waals surface area (Å²) in [4.78, 5) is 17.1. The highest BCUT2D eigenvalue weighted by atomic mass is 35.5. The average molecular weight is 366 g/mol. The van der Waals surface area contributed by atoms with Crippen molar-refractivity contribution in [3.05, 3.63) is 39.4 Å². The highest BCUT2D eigenvalue weighted by Gasteiger charge is 2.25. The summed E-state index contributed by atoms with van der Waals surface area (Å²) in [6.45, 7) is 2.97. The molecule has 0 radical (unpaired) electrons. The van der Waals surface area contributed by atoms with Gasteiger partial charge in [0.15, 0.2) is 0 Å². The van der Waals surface area contributed by atoms with E-state index in [0.717, 1.165) is 31.4 Å². The Morgan fingerprint density at radius 1 is 1.48 bits per heavy atom. The molecule has 1 saturated heterocycles. The number of benzene rings is 1. The number of nitrogens with one attached hydrogen (secondary N) is 1. The van der Waals surface area contributed by atoms with Crippen molar-refractivity contribution in [2.75, 3.05) is 6.54 Å². The molecule has 1 aromatic heterocycles. The monoisotopic (exact) mass is 365 g/mol. The summed E-state index contributed by atoms with van der Waals surface area (Å²) in [5.74, 6) is 0. The summed E-state index contributed by atoms with van der Waals surface area (Å²) in [5.41, 5.74) is 1.38. The zero-order chi connectivity index (χ0) is 18.0. The molecule has 3 rings (SSSR count). The average Bonchev–Trinajstić information content (AvgIpc) is 2.59. The summed E-state index contributed by atoms with van der Waals surface area (Å²) >= 11 is 6.12. The van der Waals surface area contributed by atoms with Crippen LogP contribution in [0.2, 0.25) is 5.02 Å². The SMILES string of the molecule is CCc1cc(Cl)cc2c(=O)n(CC(O)C[C@H]3NCCC[C@@H]3O)cnc12. The molecule has 3 atom stereocenters. The number of halogens is 1. The first-order valence-electron chi connectivity index (χ1n) is 8.76. The van der Waals surface area contributed by atoms with E-state index < -0.39 is 12.2 Å². The third-order valence-corrected chi connectivity index (χ3v) is 5.05. The van der Waals surface area contributed by atoms with Crippen LogP contribution in [0.3, 0.4) is 0 Å². The molecule has 2 heterocycles. The van der Waals surface area contributed by atoms with Crippen molar-refractivity contribution in [3.8, 4) is 0 Å². The lowest BCUT2D eigenvalue weighted by Crippen LogP contribution is -2.47. The Bertz CT molecular complexity index is 808. The maximum absolute atomic E-state index is 12.7. The van der Waals surface area contributed by atoms with Crippen LogP contribution >= 0.6 is 11.6 Å². The molecule has 25 heavy (non-hydrogen) atoms. The van der Waals surface area contributed by atoms with Gasteiger partial charge in [-0.15, -0.1) is 0 Å². The van der Waals surface area contributed by atoms with E-state index in [1.165, 1.54) is 10.9 Å². The Kier molecular flexibility index (Phi) is 5.74. The fraction of sp³-hybridized carbons (Fsp3) is 0.556. The molecule has 6 nitrogen and oxygen atoms in total. The number of piperidine rings is 1. The van der Waals surface area contributed by atoms with E-state index in [2.05, 4.69) is 10.3 Å². The maximum Gasteiger partial charge on any atom is 0.261 e. The van der Waals surface area contributed by atoms with Crippen LogP contribution in [0, 0.1) is 0 Å². The summed E-state index contributed by atoms with van der Waals surface area (Å²) in [5, 5.41) is 24.6. The van der Waals surface area contributed by atoms with Crippen LogP contribution in [0.4, 0.5) is 0 Å². The van der Waals surface area contributed by atoms with Crippen LogP contribution in [0.5, 0.6) is 0 Å². The van der Waals surface area contributed by atoms with Crippen LogP contribution in [0.15, 0.2) is 23.3 Å². The van der Waals surface area contributed by atoms with Gasteiger partial charge in [-0.3, -0.25) is 9.36 Å². The molecule has 2 aromatic rings. The zero-order valence-electron chi connectivity index (χ0n) is 14.3. The van der Waals surface area contributed by atoms with Crippen molar-refractivity contribution in [1.82, 2.24) is 14.9 Å². The van der Waals surface area contributed by atoms with Gasteiger partial charge in [-0.25, -0.2) is 4.98 Å². The molecule has 3 N–H and O–H groups in total. The molecular formula is C18H24ClN3O3. The lowest BCUT2D eigenvalue weighted by Gasteiger charge is -2.30. The molecule has 1 aliphatic rings. The molecule has 1 fully saturated rings. The van der Waals surface area contributed by atoms with E-state index >= 15 is 0 Å². The minimum atomic E-state index is -0.743. The van der Waals surface area contributed by atoms with E-state index in [-0.39, 0.29) is 18.1 Å². The molecule has 0 aliphatic carbocycles. The normalized spacial score (nSPS) is 22.2. The summed E-state index contributed by atoms with van der Waals surface area (Å²) in [6.07, 6.45) is 3.07. The standard InChI is InChI=1S/C18H24ClN3O3/c1-2-11-6-12(19)7-14-17(11)21-10-22(18(14)25)9-13(23)8-15-16(24)4-3-5-20-15/h6-7,10,13,15-16,20,23-24H,2-5,8-9H2,1H3/t13?,15-,16+/m1/s1. The fourth-order valence-electron chi connectivity index (χ4n) is 3.48. The molecule has 1 aromatic carbocycles. The van der Waals surface area contributed by atoms with Gasteiger partial charge in [0.1, 0.15) is 0 Å². The summed E-state index contributed by atoms with van der Waals surface area (Å²) in [7, 11) is 0. The van der Waals surface area contributed by atoms with Gasteiger partial charge < -0.3 is 15.5 Å². The van der Waals surface area contributed by atoms with Gasteiger partial charge in [-0.05, 0) is 49.9 Å². The second kappa shape index (κ2) is 7.83. The van der Waals surface area contributed by atoms with Crippen molar-refractivity contribution in [2.24, 2.45) is 0 Å². The van der Waals surface area contributed by atoms with E-state index in [1.54, 1.807) is 6.07 Å². The largest absolute Gasteiger partial charge is 0.392 e. The Morgan fingerprint density at radius 2 is 2.28 bits per heavy atom. The third kappa shape index (κ3) is 4.03. The summed E-state index contributed by atoms with van der Waals surface area (Å²) in [6, 6.07) is 3.31. The molecule has 7 heteroatoms. The first kappa shape index (κ1) is 18.3. The van der Waals surface area contributed by atoms with Gasteiger partial charge in [0.05, 0.1) is 36.0 Å². The fourth-order valence-corrected chi connectivity index (χ4v) is 3.72. The zero-order valence-corrected chi connectivity index (χ0v) is 15.0. The maximum atomic E-state index is 12.7. The minimum absolute atomic E-state index is 0.140. The summed E-state index contributed by atoms with van der Waals surface area (Å²) < 4.78 is 1.41. The van der Waals surface area contributed by atoms with Crippen LogP contribution in [-0.4, -0.2) is 44.6 Å². The smallest absolute Gasteiger partial charge is 0.261 e. The second-order valence-corrected chi connectivity index (χ2v) is 7.11. The number of hydrogen-bond donors (Lipinski definition) is 3. The van der Waals surface area contributed by atoms with Gasteiger partial charge in [0.25, 0.3) is 5.56 Å². The first-order valence-corrected chi connectivity index (χ1v) is 9.14. The number of aliphatic hydroxyl groups excluding tert-OH is 2. The second-order valence-electron chi connectivity index (χ2n) is 6.68. The van der Waals surface area contributed by atoms with E-state index in [0.29, 0.717) is 22.3 Å². The molecule has 0 saturated carbocycles. The van der Waals surface area contributed by atoms with E-state index in [1.807, 2.05) is 13.0 Å². The Balaban J connectivity index is 1.81. The molecule has 0 amide bonds. The van der Waals surface area contributed by atoms with Crippen molar-refractivity contribution in [1.29, 1.82) is 0 Å². The predicted octanol–water partition coefficient (Wildman–Crippen LogP) is 1.48. The Morgan fingerprint density at radius 3 is 3.00 bits per heavy atom. The van der Waals surface area contributed by atoms with E-state index in [4.69, 9.17) is 11.6 Å². The highest BCUT2D eigenvalue weighted by Crippen LogP contribution is 2.20. The number of aryl methyl sites for hydroxylation is 1. The third-order valence-electron chi connectivity index (χ3n) is 4.83. The van der Waals surface area contributed by atoms with Crippen LogP contribution in [0.25, 0.3) is 10.9 Å². The van der Waals surface area contributed by atoms with Crippen LogP contribution < -0.4 is 10.9 Å². The Hall–Kier alpha value is -1.47. The van der Waals surface area contributed by atoms with Crippen molar-refractivity contribution < 1.29 is 10.2 Å². The number of hydrogen-bond acceptors (Lipinski definition) is 5. The van der Waals surface area contributed by atoms with Gasteiger partial charge >= 0.3 is 0 Å². The highest BCUT2D eigenvalue weighted by molar-refractivity contribution is 6.31. The van der Waals surface area contributed by atoms with Gasteiger partial charge in [-0.2, -0.15) is 0 Å². The number of aliphatic hydroxyl groups is 2.